The molecule has 1 amide bonds. The smallest absolute Gasteiger partial charge is 0.263 e. The van der Waals surface area contributed by atoms with Crippen molar-refractivity contribution in [1.29, 1.82) is 0 Å². The lowest BCUT2D eigenvalue weighted by Crippen LogP contribution is -2.25. The van der Waals surface area contributed by atoms with Crippen molar-refractivity contribution in [2.45, 2.75) is 39.5 Å². The van der Waals surface area contributed by atoms with Gasteiger partial charge in [-0.3, -0.25) is 4.79 Å². The molecule has 0 aliphatic carbocycles. The number of aromatic nitrogens is 1. The Kier molecular flexibility index (Phi) is 5.83. The largest absolute Gasteiger partial charge is 0.345 e. The zero-order valence-corrected chi connectivity index (χ0v) is 15.6. The lowest BCUT2D eigenvalue weighted by molar-refractivity contribution is -0.0442. The maximum Gasteiger partial charge on any atom is 0.263 e. The number of hydrogen-bond acceptors (Lipinski definition) is 5. The third-order valence-corrected chi connectivity index (χ3v) is 5.06. The summed E-state index contributed by atoms with van der Waals surface area (Å²) >= 11 is 1.31. The molecule has 25 heavy (non-hydrogen) atoms. The van der Waals surface area contributed by atoms with Crippen LogP contribution in [0, 0.1) is 5.92 Å². The molecule has 5 nitrogen and oxygen atoms in total. The normalized spacial score (nSPS) is 16.3. The second-order valence-electron chi connectivity index (χ2n) is 6.67. The highest BCUT2D eigenvalue weighted by Crippen LogP contribution is 2.27. The van der Waals surface area contributed by atoms with Crippen LogP contribution in [0.25, 0.3) is 0 Å². The Hall–Kier alpha value is -1.76. The van der Waals surface area contributed by atoms with Gasteiger partial charge in [0.25, 0.3) is 5.91 Å². The van der Waals surface area contributed by atoms with Gasteiger partial charge in [0.1, 0.15) is 9.88 Å². The molecule has 6 heteroatoms. The van der Waals surface area contributed by atoms with Crippen LogP contribution in [0.2, 0.25) is 0 Å². The molecule has 134 valence electrons. The molecular weight excluding hydrogens is 336 g/mol. The van der Waals surface area contributed by atoms with E-state index in [2.05, 4.69) is 48.4 Å². The fourth-order valence-electron chi connectivity index (χ4n) is 2.77. The number of nitrogens with zero attached hydrogens (tertiary/aromatic N) is 1. The maximum absolute atomic E-state index is 12.4. The number of amides is 1. The highest BCUT2D eigenvalue weighted by molar-refractivity contribution is 7.13. The van der Waals surface area contributed by atoms with E-state index in [1.807, 2.05) is 6.92 Å². The minimum absolute atomic E-state index is 0.0647. The number of carbonyl (C=O) groups excluding carboxylic acids is 1. The summed E-state index contributed by atoms with van der Waals surface area (Å²) in [6.07, 6.45) is 2.21. The summed E-state index contributed by atoms with van der Waals surface area (Å²) in [5, 5.41) is 3.71. The average Bonchev–Trinajstić information content (AvgIpc) is 3.26. The summed E-state index contributed by atoms with van der Waals surface area (Å²) < 4.78 is 10.8. The van der Waals surface area contributed by atoms with Gasteiger partial charge < -0.3 is 14.8 Å². The molecule has 1 aliphatic rings. The molecule has 0 spiro atoms. The second-order valence-corrected chi connectivity index (χ2v) is 7.73. The van der Waals surface area contributed by atoms with Crippen molar-refractivity contribution >= 4 is 17.2 Å². The van der Waals surface area contributed by atoms with Crippen LogP contribution < -0.4 is 5.32 Å². The Morgan fingerprint density at radius 1 is 1.24 bits per heavy atom. The van der Waals surface area contributed by atoms with Gasteiger partial charge >= 0.3 is 0 Å². The van der Waals surface area contributed by atoms with E-state index in [4.69, 9.17) is 9.47 Å². The highest BCUT2D eigenvalue weighted by Gasteiger charge is 2.23. The van der Waals surface area contributed by atoms with Crippen LogP contribution in [0.4, 0.5) is 0 Å². The lowest BCUT2D eigenvalue weighted by atomic mass is 10.00. The molecule has 0 bridgehead atoms. The Morgan fingerprint density at radius 2 is 1.92 bits per heavy atom. The first kappa shape index (κ1) is 18.0. The van der Waals surface area contributed by atoms with Crippen LogP contribution >= 0.6 is 11.3 Å². The Labute approximate surface area is 152 Å². The molecule has 1 N–H and O–H groups in total. The first-order chi connectivity index (χ1) is 12.0. The van der Waals surface area contributed by atoms with Crippen molar-refractivity contribution in [2.75, 3.05) is 13.2 Å². The monoisotopic (exact) mass is 360 g/mol. The quantitative estimate of drug-likeness (QED) is 0.849. The van der Waals surface area contributed by atoms with Gasteiger partial charge in [-0.05, 0) is 30.4 Å². The zero-order valence-electron chi connectivity index (χ0n) is 14.8. The van der Waals surface area contributed by atoms with Gasteiger partial charge in [-0.15, -0.1) is 11.3 Å². The van der Waals surface area contributed by atoms with E-state index < -0.39 is 6.29 Å². The van der Waals surface area contributed by atoms with E-state index in [9.17, 15) is 4.79 Å². The first-order valence-electron chi connectivity index (χ1n) is 8.61. The van der Waals surface area contributed by atoms with E-state index >= 15 is 0 Å². The standard InChI is InChI=1S/C19H24N2O3S/c1-12(2)10-14-4-6-15(7-5-14)13(3)21-17(22)16-11-20-18(25-16)19-23-8-9-24-19/h4-7,11-13,19H,8-10H2,1-3H3,(H,21,22)/t13-/m1/s1. The minimum Gasteiger partial charge on any atom is -0.345 e. The Morgan fingerprint density at radius 3 is 2.56 bits per heavy atom. The van der Waals surface area contributed by atoms with Gasteiger partial charge in [-0.1, -0.05) is 38.1 Å². The second kappa shape index (κ2) is 8.08. The number of ether oxygens (including phenoxy) is 2. The highest BCUT2D eigenvalue weighted by atomic mass is 32.1. The van der Waals surface area contributed by atoms with E-state index in [0.29, 0.717) is 29.0 Å². The third-order valence-electron chi connectivity index (χ3n) is 4.04. The van der Waals surface area contributed by atoms with Crippen LogP contribution in [0.5, 0.6) is 0 Å². The first-order valence-corrected chi connectivity index (χ1v) is 9.43. The molecule has 0 saturated carbocycles. The predicted octanol–water partition coefficient (Wildman–Crippen LogP) is 3.88. The molecule has 1 aromatic heterocycles. The molecule has 1 atom stereocenters. The maximum atomic E-state index is 12.4. The van der Waals surface area contributed by atoms with Gasteiger partial charge in [0.05, 0.1) is 25.5 Å². The van der Waals surface area contributed by atoms with Crippen LogP contribution in [-0.4, -0.2) is 24.1 Å². The zero-order chi connectivity index (χ0) is 17.8. The molecule has 1 aliphatic heterocycles. The summed E-state index contributed by atoms with van der Waals surface area (Å²) in [6.45, 7) is 7.54. The summed E-state index contributed by atoms with van der Waals surface area (Å²) in [6, 6.07) is 8.38. The lowest BCUT2D eigenvalue weighted by Gasteiger charge is -2.14. The SMILES string of the molecule is CC(C)Cc1ccc([C@@H](C)NC(=O)c2cnc(C3OCCO3)s2)cc1. The van der Waals surface area contributed by atoms with Crippen LogP contribution in [-0.2, 0) is 15.9 Å². The summed E-state index contributed by atoms with van der Waals surface area (Å²) in [5.74, 6) is 0.511. The third kappa shape index (κ3) is 4.66. The van der Waals surface area contributed by atoms with E-state index in [-0.39, 0.29) is 11.9 Å². The molecule has 1 saturated heterocycles. The molecular formula is C19H24N2O3S. The average molecular weight is 360 g/mol. The number of nitrogens with one attached hydrogen (secondary N) is 1. The molecule has 3 rings (SSSR count). The molecule has 2 heterocycles. The van der Waals surface area contributed by atoms with Crippen LogP contribution in [0.15, 0.2) is 30.5 Å². The van der Waals surface area contributed by atoms with Crippen molar-refractivity contribution in [1.82, 2.24) is 10.3 Å². The van der Waals surface area contributed by atoms with Gasteiger partial charge in [0.15, 0.2) is 0 Å². The Balaban J connectivity index is 1.60. The number of benzene rings is 1. The van der Waals surface area contributed by atoms with Crippen molar-refractivity contribution < 1.29 is 14.3 Å². The van der Waals surface area contributed by atoms with Gasteiger partial charge in [-0.2, -0.15) is 0 Å². The van der Waals surface area contributed by atoms with Gasteiger partial charge in [0, 0.05) is 0 Å². The van der Waals surface area contributed by atoms with Crippen molar-refractivity contribution in [3.8, 4) is 0 Å². The van der Waals surface area contributed by atoms with Crippen molar-refractivity contribution in [3.05, 3.63) is 51.5 Å². The van der Waals surface area contributed by atoms with Crippen molar-refractivity contribution in [3.63, 3.8) is 0 Å². The number of hydrogen-bond donors (Lipinski definition) is 1. The fraction of sp³-hybridized carbons (Fsp3) is 0.474. The molecule has 1 fully saturated rings. The summed E-state index contributed by atoms with van der Waals surface area (Å²) in [4.78, 5) is 17.3. The van der Waals surface area contributed by atoms with Gasteiger partial charge in [0.2, 0.25) is 6.29 Å². The molecule has 2 aromatic rings. The predicted molar refractivity (Wildman–Crippen MR) is 97.6 cm³/mol. The summed E-state index contributed by atoms with van der Waals surface area (Å²) in [5.41, 5.74) is 2.41. The van der Waals surface area contributed by atoms with E-state index in [1.165, 1.54) is 16.9 Å². The minimum atomic E-state index is -0.433. The number of thiazole rings is 1. The van der Waals surface area contributed by atoms with E-state index in [0.717, 1.165) is 12.0 Å². The molecule has 0 unspecified atom stereocenters. The number of rotatable bonds is 6. The molecule has 1 aromatic carbocycles. The Bertz CT molecular complexity index is 706. The molecule has 0 radical (unpaired) electrons. The van der Waals surface area contributed by atoms with Crippen LogP contribution in [0.3, 0.4) is 0 Å². The van der Waals surface area contributed by atoms with Crippen LogP contribution in [0.1, 0.15) is 58.9 Å². The summed E-state index contributed by atoms with van der Waals surface area (Å²) in [7, 11) is 0. The van der Waals surface area contributed by atoms with Crippen molar-refractivity contribution in [2.24, 2.45) is 5.92 Å². The van der Waals surface area contributed by atoms with E-state index in [1.54, 1.807) is 6.20 Å². The number of carbonyl (C=O) groups is 1. The topological polar surface area (TPSA) is 60.5 Å². The van der Waals surface area contributed by atoms with Gasteiger partial charge in [-0.25, -0.2) is 4.98 Å². The fourth-order valence-corrected chi connectivity index (χ4v) is 3.59.